The van der Waals surface area contributed by atoms with Crippen molar-refractivity contribution in [1.29, 1.82) is 0 Å². The third kappa shape index (κ3) is 3.88. The number of carbonyl (C=O) groups is 1. The second kappa shape index (κ2) is 7.67. The second-order valence-electron chi connectivity index (χ2n) is 5.72. The van der Waals surface area contributed by atoms with Gasteiger partial charge < -0.3 is 9.47 Å². The summed E-state index contributed by atoms with van der Waals surface area (Å²) in [7, 11) is -2.29. The van der Waals surface area contributed by atoms with Crippen LogP contribution in [0.3, 0.4) is 0 Å². The first kappa shape index (κ1) is 18.7. The van der Waals surface area contributed by atoms with Crippen LogP contribution in [-0.4, -0.2) is 28.1 Å². The quantitative estimate of drug-likeness (QED) is 0.773. The maximum atomic E-state index is 12.6. The van der Waals surface area contributed by atoms with Crippen LogP contribution in [0.2, 0.25) is 0 Å². The third-order valence-corrected chi connectivity index (χ3v) is 5.39. The van der Waals surface area contributed by atoms with E-state index in [1.165, 1.54) is 25.4 Å². The van der Waals surface area contributed by atoms with Crippen LogP contribution in [0.15, 0.2) is 65.2 Å². The first-order chi connectivity index (χ1) is 13.0. The van der Waals surface area contributed by atoms with E-state index in [9.17, 15) is 13.2 Å². The largest absolute Gasteiger partial charge is 0.497 e. The topological polar surface area (TPSA) is 81.7 Å². The van der Waals surface area contributed by atoms with Gasteiger partial charge in [0.05, 0.1) is 24.2 Å². The van der Waals surface area contributed by atoms with Crippen LogP contribution in [0.25, 0.3) is 11.6 Å². The lowest BCUT2D eigenvalue weighted by atomic mass is 10.0. The summed E-state index contributed by atoms with van der Waals surface area (Å²) in [5.74, 6) is 0.0631. The third-order valence-electron chi connectivity index (χ3n) is 4.06. The molecule has 3 rings (SSSR count). The summed E-state index contributed by atoms with van der Waals surface area (Å²) in [6.45, 7) is 1.95. The Kier molecular flexibility index (Phi) is 5.32. The van der Waals surface area contributed by atoms with Gasteiger partial charge in [-0.1, -0.05) is 24.3 Å². The molecule has 1 aliphatic rings. The van der Waals surface area contributed by atoms with E-state index >= 15 is 0 Å². The van der Waals surface area contributed by atoms with Crippen molar-refractivity contribution in [2.45, 2.75) is 11.8 Å². The molecule has 7 heteroatoms. The lowest BCUT2D eigenvalue weighted by molar-refractivity contribution is -0.137. The Morgan fingerprint density at radius 1 is 1.11 bits per heavy atom. The molecule has 0 aliphatic heterocycles. The highest BCUT2D eigenvalue weighted by Crippen LogP contribution is 2.35. The van der Waals surface area contributed by atoms with Crippen LogP contribution in [0, 0.1) is 0 Å². The average Bonchev–Trinajstić information content (AvgIpc) is 3.05. The number of sulfonamides is 1. The van der Waals surface area contributed by atoms with E-state index in [4.69, 9.17) is 9.47 Å². The molecule has 6 nitrogen and oxygen atoms in total. The van der Waals surface area contributed by atoms with E-state index in [1.54, 1.807) is 25.1 Å². The van der Waals surface area contributed by atoms with Gasteiger partial charge in [0.25, 0.3) is 10.0 Å². The fourth-order valence-electron chi connectivity index (χ4n) is 2.74. The minimum Gasteiger partial charge on any atom is -0.497 e. The van der Waals surface area contributed by atoms with Gasteiger partial charge in [0.2, 0.25) is 0 Å². The molecule has 1 N–H and O–H groups in total. The number of methoxy groups -OCH3 is 1. The summed E-state index contributed by atoms with van der Waals surface area (Å²) >= 11 is 0. The van der Waals surface area contributed by atoms with Gasteiger partial charge in [0.1, 0.15) is 5.75 Å². The van der Waals surface area contributed by atoms with Crippen molar-refractivity contribution in [2.24, 2.45) is 0 Å². The highest BCUT2D eigenvalue weighted by molar-refractivity contribution is 7.89. The molecule has 27 heavy (non-hydrogen) atoms. The molecule has 0 bridgehead atoms. The Labute approximate surface area is 158 Å². The van der Waals surface area contributed by atoms with Crippen LogP contribution in [-0.2, 0) is 19.6 Å². The van der Waals surface area contributed by atoms with E-state index in [0.717, 1.165) is 11.1 Å². The van der Waals surface area contributed by atoms with Crippen molar-refractivity contribution in [1.82, 2.24) is 4.72 Å². The fourth-order valence-corrected chi connectivity index (χ4v) is 3.64. The number of benzene rings is 2. The molecule has 2 aromatic rings. The summed E-state index contributed by atoms with van der Waals surface area (Å²) < 4.78 is 37.7. The Morgan fingerprint density at radius 3 is 2.48 bits per heavy atom. The number of carbonyl (C=O) groups excluding carboxylic acids is 1. The number of hydrogen-bond donors (Lipinski definition) is 1. The van der Waals surface area contributed by atoms with Crippen molar-refractivity contribution in [3.63, 3.8) is 0 Å². The molecular formula is C20H19NO5S. The summed E-state index contributed by atoms with van der Waals surface area (Å²) in [5.41, 5.74) is 2.38. The first-order valence-corrected chi connectivity index (χ1v) is 9.79. The van der Waals surface area contributed by atoms with E-state index in [0.29, 0.717) is 16.9 Å². The van der Waals surface area contributed by atoms with Gasteiger partial charge in [0.15, 0.2) is 0 Å². The number of fused-ring (bicyclic) bond motifs is 1. The molecule has 0 unspecified atom stereocenters. The van der Waals surface area contributed by atoms with Gasteiger partial charge in [-0.3, -0.25) is 4.72 Å². The van der Waals surface area contributed by atoms with Crippen LogP contribution < -0.4 is 9.46 Å². The van der Waals surface area contributed by atoms with Crippen molar-refractivity contribution >= 4 is 27.6 Å². The lowest BCUT2D eigenvalue weighted by Gasteiger charge is -2.09. The smallest absolute Gasteiger partial charge is 0.338 e. The van der Waals surface area contributed by atoms with Crippen LogP contribution in [0.5, 0.6) is 5.75 Å². The molecule has 0 atom stereocenters. The molecule has 0 saturated heterocycles. The van der Waals surface area contributed by atoms with E-state index in [1.807, 2.05) is 24.3 Å². The van der Waals surface area contributed by atoms with Crippen LogP contribution in [0.1, 0.15) is 18.1 Å². The van der Waals surface area contributed by atoms with E-state index < -0.39 is 16.0 Å². The Bertz CT molecular complexity index is 1020. The van der Waals surface area contributed by atoms with Crippen LogP contribution in [0.4, 0.5) is 0 Å². The van der Waals surface area contributed by atoms with Gasteiger partial charge in [0, 0.05) is 11.8 Å². The van der Waals surface area contributed by atoms with Crippen molar-refractivity contribution in [3.8, 4) is 5.75 Å². The second-order valence-corrected chi connectivity index (χ2v) is 7.43. The first-order valence-electron chi connectivity index (χ1n) is 8.31. The van der Waals surface area contributed by atoms with Crippen molar-refractivity contribution < 1.29 is 22.7 Å². The minimum atomic E-state index is -3.80. The molecule has 0 spiro atoms. The SMILES string of the molecule is CCOC(=O)C1=Cc2ccccc2/C1=C/NS(=O)(=O)c1ccc(OC)cc1. The zero-order chi connectivity index (χ0) is 19.4. The average molecular weight is 385 g/mol. The number of hydrogen-bond acceptors (Lipinski definition) is 5. The van der Waals surface area contributed by atoms with Crippen molar-refractivity contribution in [3.05, 3.63) is 71.4 Å². The fraction of sp³-hybridized carbons (Fsp3) is 0.150. The van der Waals surface area contributed by atoms with Crippen LogP contribution >= 0.6 is 0 Å². The van der Waals surface area contributed by atoms with E-state index in [-0.39, 0.29) is 11.5 Å². The molecule has 1 aliphatic carbocycles. The number of ether oxygens (including phenoxy) is 2. The molecule has 0 saturated carbocycles. The molecule has 0 radical (unpaired) electrons. The molecular weight excluding hydrogens is 366 g/mol. The number of esters is 1. The maximum Gasteiger partial charge on any atom is 0.338 e. The highest BCUT2D eigenvalue weighted by Gasteiger charge is 2.25. The van der Waals surface area contributed by atoms with Crippen molar-refractivity contribution in [2.75, 3.05) is 13.7 Å². The molecule has 140 valence electrons. The van der Waals surface area contributed by atoms with Gasteiger partial charge in [-0.05, 0) is 48.4 Å². The van der Waals surface area contributed by atoms with Gasteiger partial charge >= 0.3 is 5.97 Å². The number of nitrogens with one attached hydrogen (secondary N) is 1. The molecule has 0 aromatic heterocycles. The lowest BCUT2D eigenvalue weighted by Crippen LogP contribution is -2.19. The molecule has 0 heterocycles. The predicted octanol–water partition coefficient (Wildman–Crippen LogP) is 2.97. The Hall–Kier alpha value is -3.06. The van der Waals surface area contributed by atoms with E-state index in [2.05, 4.69) is 4.72 Å². The monoisotopic (exact) mass is 385 g/mol. The zero-order valence-electron chi connectivity index (χ0n) is 14.9. The minimum absolute atomic E-state index is 0.0908. The summed E-state index contributed by atoms with van der Waals surface area (Å²) in [6.07, 6.45) is 3.02. The molecule has 2 aromatic carbocycles. The Morgan fingerprint density at radius 2 is 1.81 bits per heavy atom. The van der Waals surface area contributed by atoms with Gasteiger partial charge in [-0.15, -0.1) is 0 Å². The predicted molar refractivity (Wildman–Crippen MR) is 102 cm³/mol. The maximum absolute atomic E-state index is 12.6. The normalized spacial score (nSPS) is 14.4. The highest BCUT2D eigenvalue weighted by atomic mass is 32.2. The molecule has 0 fully saturated rings. The molecule has 0 amide bonds. The summed E-state index contributed by atoms with van der Waals surface area (Å²) in [5, 5.41) is 0. The summed E-state index contributed by atoms with van der Waals surface area (Å²) in [4.78, 5) is 12.4. The number of rotatable bonds is 6. The van der Waals surface area contributed by atoms with Gasteiger partial charge in [-0.2, -0.15) is 0 Å². The Balaban J connectivity index is 1.93. The summed E-state index contributed by atoms with van der Waals surface area (Å²) in [6, 6.07) is 13.4. The van der Waals surface area contributed by atoms with Gasteiger partial charge in [-0.25, -0.2) is 13.2 Å². The zero-order valence-corrected chi connectivity index (χ0v) is 15.7. The standard InChI is InChI=1S/C20H19NO5S/c1-3-26-20(22)18-12-14-6-4-5-7-17(14)19(18)13-21-27(23,24)16-10-8-15(25-2)9-11-16/h4-13,21H,3H2,1-2H3/b19-13-.